The summed E-state index contributed by atoms with van der Waals surface area (Å²) in [4.78, 5) is 0. The molecule has 0 fully saturated rings. The SMILES string of the molecule is C[Si](C)(Cl)/C=C/CCCCl. The molecule has 0 saturated carbocycles. The summed E-state index contributed by atoms with van der Waals surface area (Å²) in [6.07, 6.45) is 4.26. The average molecular weight is 197 g/mol. The van der Waals surface area contributed by atoms with Crippen LogP contribution in [-0.4, -0.2) is 13.3 Å². The van der Waals surface area contributed by atoms with E-state index < -0.39 is 7.38 Å². The highest BCUT2D eigenvalue weighted by atomic mass is 35.6. The van der Waals surface area contributed by atoms with Crippen molar-refractivity contribution in [3.63, 3.8) is 0 Å². The van der Waals surface area contributed by atoms with Gasteiger partial charge in [-0.05, 0) is 12.8 Å². The molecule has 0 bridgehead atoms. The first-order chi connectivity index (χ1) is 4.56. The quantitative estimate of drug-likeness (QED) is 0.280. The Morgan fingerprint density at radius 2 is 2.00 bits per heavy atom. The molecule has 0 aromatic carbocycles. The molecule has 0 N–H and O–H groups in total. The maximum absolute atomic E-state index is 6.03. The molecule has 0 rings (SSSR count). The Kier molecular flexibility index (Phi) is 5.50. The predicted octanol–water partition coefficient (Wildman–Crippen LogP) is 3.54. The Morgan fingerprint density at radius 1 is 1.40 bits per heavy atom. The Bertz CT molecular complexity index is 105. The smallest absolute Gasteiger partial charge is 0.162 e. The molecule has 10 heavy (non-hydrogen) atoms. The minimum absolute atomic E-state index is 0.745. The van der Waals surface area contributed by atoms with E-state index in [1.807, 2.05) is 0 Å². The molecule has 0 heterocycles. The van der Waals surface area contributed by atoms with Crippen LogP contribution in [0.4, 0.5) is 0 Å². The molecule has 0 spiro atoms. The number of allylic oxidation sites excluding steroid dienone is 1. The largest absolute Gasteiger partial charge is 0.173 e. The highest BCUT2D eigenvalue weighted by Gasteiger charge is 2.10. The molecular formula is C7H14Cl2Si. The highest BCUT2D eigenvalue weighted by Crippen LogP contribution is 2.09. The van der Waals surface area contributed by atoms with Crippen molar-refractivity contribution in [2.75, 3.05) is 5.88 Å². The molecule has 3 heteroatoms. The average Bonchev–Trinajstić information content (AvgIpc) is 1.78. The summed E-state index contributed by atoms with van der Waals surface area (Å²) >= 11 is 11.5. The minimum Gasteiger partial charge on any atom is -0.162 e. The standard InChI is InChI=1S/C7H14Cl2Si/c1-10(2,9)7-5-3-4-6-8/h5,7H,3-4,6H2,1-2H3/b7-5+. The van der Waals surface area contributed by atoms with Gasteiger partial charge in [0.05, 0.1) is 0 Å². The third-order valence-electron chi connectivity index (χ3n) is 1.02. The van der Waals surface area contributed by atoms with Gasteiger partial charge in [0.1, 0.15) is 0 Å². The second-order valence-electron chi connectivity index (χ2n) is 2.80. The lowest BCUT2D eigenvalue weighted by Crippen LogP contribution is -2.11. The van der Waals surface area contributed by atoms with Crippen molar-refractivity contribution >= 4 is 30.1 Å². The fraction of sp³-hybridized carbons (Fsp3) is 0.714. The van der Waals surface area contributed by atoms with Crippen LogP contribution in [0.5, 0.6) is 0 Å². The van der Waals surface area contributed by atoms with Gasteiger partial charge in [-0.1, -0.05) is 24.9 Å². The molecule has 0 aromatic rings. The van der Waals surface area contributed by atoms with Crippen LogP contribution in [0, 0.1) is 0 Å². The number of alkyl halides is 1. The van der Waals surface area contributed by atoms with Crippen molar-refractivity contribution in [3.05, 3.63) is 11.8 Å². The highest BCUT2D eigenvalue weighted by molar-refractivity contribution is 7.21. The van der Waals surface area contributed by atoms with Gasteiger partial charge in [0.2, 0.25) is 0 Å². The predicted molar refractivity (Wildman–Crippen MR) is 52.4 cm³/mol. The van der Waals surface area contributed by atoms with Crippen molar-refractivity contribution in [2.24, 2.45) is 0 Å². The number of rotatable bonds is 4. The lowest BCUT2D eigenvalue weighted by Gasteiger charge is -2.03. The van der Waals surface area contributed by atoms with Crippen LogP contribution < -0.4 is 0 Å². The van der Waals surface area contributed by atoms with Crippen molar-refractivity contribution in [1.82, 2.24) is 0 Å². The molecule has 0 aliphatic heterocycles. The van der Waals surface area contributed by atoms with Crippen LogP contribution in [0.25, 0.3) is 0 Å². The van der Waals surface area contributed by atoms with E-state index in [1.54, 1.807) is 0 Å². The van der Waals surface area contributed by atoms with Gasteiger partial charge < -0.3 is 0 Å². The fourth-order valence-electron chi connectivity index (χ4n) is 0.559. The summed E-state index contributed by atoms with van der Waals surface area (Å²) in [6, 6.07) is 0. The van der Waals surface area contributed by atoms with E-state index in [2.05, 4.69) is 24.9 Å². The molecular weight excluding hydrogens is 183 g/mol. The normalized spacial score (nSPS) is 12.8. The summed E-state index contributed by atoms with van der Waals surface area (Å²) < 4.78 is 0. The molecule has 0 unspecified atom stereocenters. The number of hydrogen-bond acceptors (Lipinski definition) is 0. The van der Waals surface area contributed by atoms with E-state index in [0.717, 1.165) is 18.7 Å². The van der Waals surface area contributed by atoms with Gasteiger partial charge >= 0.3 is 0 Å². The number of unbranched alkanes of at least 4 members (excludes halogenated alkanes) is 1. The molecule has 60 valence electrons. The zero-order chi connectivity index (χ0) is 8.04. The van der Waals surface area contributed by atoms with Crippen LogP contribution in [0.15, 0.2) is 11.8 Å². The van der Waals surface area contributed by atoms with Gasteiger partial charge in [-0.25, -0.2) is 0 Å². The Labute approximate surface area is 73.9 Å². The third-order valence-corrected chi connectivity index (χ3v) is 2.69. The van der Waals surface area contributed by atoms with Gasteiger partial charge in [0.25, 0.3) is 0 Å². The van der Waals surface area contributed by atoms with Crippen LogP contribution in [-0.2, 0) is 0 Å². The van der Waals surface area contributed by atoms with Crippen LogP contribution in [0.1, 0.15) is 12.8 Å². The van der Waals surface area contributed by atoms with E-state index in [9.17, 15) is 0 Å². The van der Waals surface area contributed by atoms with E-state index >= 15 is 0 Å². The van der Waals surface area contributed by atoms with Crippen LogP contribution >= 0.6 is 22.7 Å². The molecule has 0 aliphatic carbocycles. The maximum Gasteiger partial charge on any atom is 0.173 e. The number of halogens is 2. The third kappa shape index (κ3) is 8.54. The molecule has 0 aliphatic rings. The molecule has 0 radical (unpaired) electrons. The van der Waals surface area contributed by atoms with Crippen LogP contribution in [0.2, 0.25) is 13.1 Å². The van der Waals surface area contributed by atoms with E-state index in [0.29, 0.717) is 0 Å². The van der Waals surface area contributed by atoms with E-state index in [4.69, 9.17) is 22.7 Å². The summed E-state index contributed by atoms with van der Waals surface area (Å²) in [5.41, 5.74) is 2.14. The Morgan fingerprint density at radius 3 is 2.40 bits per heavy atom. The number of hydrogen-bond donors (Lipinski definition) is 0. The van der Waals surface area contributed by atoms with Gasteiger partial charge in [-0.2, -0.15) is 11.1 Å². The maximum atomic E-state index is 6.03. The molecule has 0 nitrogen and oxygen atoms in total. The summed E-state index contributed by atoms with van der Waals surface area (Å²) in [5, 5.41) is 0. The van der Waals surface area contributed by atoms with Gasteiger partial charge in [-0.3, -0.25) is 0 Å². The van der Waals surface area contributed by atoms with Crippen LogP contribution in [0.3, 0.4) is 0 Å². The molecule has 0 atom stereocenters. The molecule has 0 saturated heterocycles. The fourth-order valence-corrected chi connectivity index (χ4v) is 1.71. The zero-order valence-electron chi connectivity index (χ0n) is 6.53. The van der Waals surface area contributed by atoms with Gasteiger partial charge in [0.15, 0.2) is 7.38 Å². The van der Waals surface area contributed by atoms with E-state index in [-0.39, 0.29) is 0 Å². The Balaban J connectivity index is 3.37. The second kappa shape index (κ2) is 5.22. The topological polar surface area (TPSA) is 0 Å². The van der Waals surface area contributed by atoms with Crippen molar-refractivity contribution in [2.45, 2.75) is 25.9 Å². The first kappa shape index (κ1) is 10.5. The van der Waals surface area contributed by atoms with Crippen molar-refractivity contribution in [1.29, 1.82) is 0 Å². The van der Waals surface area contributed by atoms with Gasteiger partial charge in [0, 0.05) is 5.88 Å². The minimum atomic E-state index is -1.46. The molecule has 0 aromatic heterocycles. The van der Waals surface area contributed by atoms with Crippen molar-refractivity contribution < 1.29 is 0 Å². The summed E-state index contributed by atoms with van der Waals surface area (Å²) in [5.74, 6) is 0.745. The first-order valence-corrected chi connectivity index (χ1v) is 8.11. The van der Waals surface area contributed by atoms with Gasteiger partial charge in [-0.15, -0.1) is 11.6 Å². The molecule has 0 amide bonds. The summed E-state index contributed by atoms with van der Waals surface area (Å²) in [7, 11) is -1.46. The monoisotopic (exact) mass is 196 g/mol. The lowest BCUT2D eigenvalue weighted by molar-refractivity contribution is 0.967. The Hall–Kier alpha value is 0.537. The lowest BCUT2D eigenvalue weighted by atomic mass is 10.3. The second-order valence-corrected chi connectivity index (χ2v) is 9.56. The zero-order valence-corrected chi connectivity index (χ0v) is 9.04. The summed E-state index contributed by atoms with van der Waals surface area (Å²) in [6.45, 7) is 4.21. The first-order valence-electron chi connectivity index (χ1n) is 3.49. The van der Waals surface area contributed by atoms with E-state index in [1.165, 1.54) is 0 Å². The van der Waals surface area contributed by atoms with Crippen molar-refractivity contribution in [3.8, 4) is 0 Å².